The molecule has 0 aromatic heterocycles. The van der Waals surface area contributed by atoms with Crippen LogP contribution in [0, 0.1) is 28.6 Å². The maximum atomic E-state index is 13.2. The van der Waals surface area contributed by atoms with E-state index in [4.69, 9.17) is 14.2 Å². The van der Waals surface area contributed by atoms with E-state index in [0.29, 0.717) is 6.42 Å². The lowest BCUT2D eigenvalue weighted by molar-refractivity contribution is -0.468. The van der Waals surface area contributed by atoms with Gasteiger partial charge in [0.25, 0.3) is 0 Å². The molecule has 0 N–H and O–H groups in total. The van der Waals surface area contributed by atoms with Crippen molar-refractivity contribution in [3.63, 3.8) is 0 Å². The van der Waals surface area contributed by atoms with E-state index >= 15 is 0 Å². The quantitative estimate of drug-likeness (QED) is 0.527. The van der Waals surface area contributed by atoms with Crippen LogP contribution in [0.5, 0.6) is 0 Å². The number of hydrogen-bond acceptors (Lipinski definition) is 5. The average molecular weight is 362 g/mol. The number of ketones is 1. The van der Waals surface area contributed by atoms with Crippen molar-refractivity contribution in [2.45, 2.75) is 71.9 Å². The molecule has 5 heteroatoms. The van der Waals surface area contributed by atoms with Crippen LogP contribution >= 0.6 is 0 Å². The minimum absolute atomic E-state index is 0.00551. The topological polar surface area (TPSA) is 61.8 Å². The van der Waals surface area contributed by atoms with Crippen LogP contribution in [-0.4, -0.2) is 30.9 Å². The third kappa shape index (κ3) is 2.36. The van der Waals surface area contributed by atoms with Gasteiger partial charge in [-0.1, -0.05) is 34.1 Å². The van der Waals surface area contributed by atoms with Gasteiger partial charge in [0.2, 0.25) is 0 Å². The predicted octanol–water partition coefficient (Wildman–Crippen LogP) is 3.62. The Bertz CT molecular complexity index is 672. The fourth-order valence-electron chi connectivity index (χ4n) is 6.96. The molecule has 3 saturated heterocycles. The van der Waals surface area contributed by atoms with Gasteiger partial charge in [0.15, 0.2) is 12.1 Å². The largest absolute Gasteiger partial charge is 0.466 e. The molecule has 5 aliphatic rings. The van der Waals surface area contributed by atoms with Crippen LogP contribution < -0.4 is 0 Å². The molecular weight excluding hydrogens is 332 g/mol. The standard InChI is InChI=1S/C21H30O5/c1-12-9-13(10-15(23)24-5)18-25-21(26-18)11-14(22)17-19(2,3)7-6-8-20(17,4)16(12)21/h10,12,16-18H,6-9,11H2,1-5H3. The molecule has 4 unspecified atom stereocenters. The van der Waals surface area contributed by atoms with Crippen molar-refractivity contribution in [1.82, 2.24) is 0 Å². The lowest BCUT2D eigenvalue weighted by atomic mass is 9.45. The van der Waals surface area contributed by atoms with Crippen molar-refractivity contribution in [3.05, 3.63) is 11.6 Å². The first-order chi connectivity index (χ1) is 12.1. The first kappa shape index (κ1) is 18.2. The second-order valence-electron chi connectivity index (χ2n) is 9.71. The third-order valence-corrected chi connectivity index (χ3v) is 7.45. The minimum atomic E-state index is -0.814. The van der Waals surface area contributed by atoms with Gasteiger partial charge in [0.05, 0.1) is 13.5 Å². The average Bonchev–Trinajstić information content (AvgIpc) is 2.67. The summed E-state index contributed by atoms with van der Waals surface area (Å²) >= 11 is 0. The number of hydrogen-bond donors (Lipinski definition) is 0. The van der Waals surface area contributed by atoms with Gasteiger partial charge in [0, 0.05) is 17.9 Å². The number of methoxy groups -OCH3 is 1. The van der Waals surface area contributed by atoms with Crippen molar-refractivity contribution < 1.29 is 23.8 Å². The molecule has 1 spiro atoms. The van der Waals surface area contributed by atoms with Crippen LogP contribution in [0.15, 0.2) is 11.6 Å². The Balaban J connectivity index is 1.75. The lowest BCUT2D eigenvalue weighted by Gasteiger charge is -2.64. The Morgan fingerprint density at radius 1 is 1.23 bits per heavy atom. The zero-order chi connectivity index (χ0) is 18.9. The van der Waals surface area contributed by atoms with Crippen molar-refractivity contribution in [2.75, 3.05) is 7.11 Å². The number of carbonyl (C=O) groups is 2. The molecule has 3 heterocycles. The highest BCUT2D eigenvalue weighted by Crippen LogP contribution is 2.67. The van der Waals surface area contributed by atoms with Crippen LogP contribution in [-0.2, 0) is 23.8 Å². The summed E-state index contributed by atoms with van der Waals surface area (Å²) in [7, 11) is 1.37. The summed E-state index contributed by atoms with van der Waals surface area (Å²) in [6.45, 7) is 8.96. The molecule has 2 aliphatic carbocycles. The minimum Gasteiger partial charge on any atom is -0.466 e. The van der Waals surface area contributed by atoms with Crippen LogP contribution in [0.4, 0.5) is 0 Å². The van der Waals surface area contributed by atoms with Crippen LogP contribution in [0.1, 0.15) is 59.8 Å². The second-order valence-corrected chi connectivity index (χ2v) is 9.71. The molecule has 5 nitrogen and oxygen atoms in total. The molecule has 26 heavy (non-hydrogen) atoms. The monoisotopic (exact) mass is 362 g/mol. The molecule has 2 bridgehead atoms. The van der Waals surface area contributed by atoms with E-state index in [1.165, 1.54) is 13.2 Å². The molecule has 144 valence electrons. The van der Waals surface area contributed by atoms with Gasteiger partial charge >= 0.3 is 5.97 Å². The van der Waals surface area contributed by atoms with Crippen molar-refractivity contribution in [3.8, 4) is 0 Å². The fraction of sp³-hybridized carbons (Fsp3) is 0.810. The van der Waals surface area contributed by atoms with E-state index in [2.05, 4.69) is 27.7 Å². The van der Waals surface area contributed by atoms with E-state index in [1.807, 2.05) is 0 Å². The first-order valence-corrected chi connectivity index (χ1v) is 9.80. The number of esters is 1. The van der Waals surface area contributed by atoms with Crippen molar-refractivity contribution in [2.24, 2.45) is 28.6 Å². The summed E-state index contributed by atoms with van der Waals surface area (Å²) in [6.07, 6.45) is 5.28. The van der Waals surface area contributed by atoms with Gasteiger partial charge in [-0.05, 0) is 41.6 Å². The van der Waals surface area contributed by atoms with Gasteiger partial charge in [-0.25, -0.2) is 4.79 Å². The number of ether oxygens (including phenoxy) is 3. The molecule has 5 fully saturated rings. The lowest BCUT2D eigenvalue weighted by Crippen LogP contribution is -2.69. The van der Waals surface area contributed by atoms with Crippen molar-refractivity contribution >= 4 is 11.8 Å². The molecular formula is C21H30O5. The SMILES string of the molecule is COC(=O)C=C1CC(C)C2C3(CC(=O)C4C(C)(C)CCCC42C)OC1O3. The van der Waals surface area contributed by atoms with Gasteiger partial charge in [-0.15, -0.1) is 0 Å². The molecule has 2 saturated carbocycles. The zero-order valence-corrected chi connectivity index (χ0v) is 16.5. The molecule has 0 aromatic carbocycles. The van der Waals surface area contributed by atoms with Crippen LogP contribution in [0.2, 0.25) is 0 Å². The maximum Gasteiger partial charge on any atom is 0.330 e. The van der Waals surface area contributed by atoms with Crippen LogP contribution in [0.3, 0.4) is 0 Å². The first-order valence-electron chi connectivity index (χ1n) is 9.80. The van der Waals surface area contributed by atoms with Gasteiger partial charge < -0.3 is 14.2 Å². The van der Waals surface area contributed by atoms with Crippen LogP contribution in [0.25, 0.3) is 0 Å². The summed E-state index contributed by atoms with van der Waals surface area (Å²) in [5, 5.41) is 0. The van der Waals surface area contributed by atoms with E-state index in [1.54, 1.807) is 0 Å². The Morgan fingerprint density at radius 3 is 2.58 bits per heavy atom. The highest BCUT2D eigenvalue weighted by molar-refractivity contribution is 5.85. The summed E-state index contributed by atoms with van der Waals surface area (Å²) < 4.78 is 17.3. The Hall–Kier alpha value is -1.20. The summed E-state index contributed by atoms with van der Waals surface area (Å²) in [6, 6.07) is 0. The van der Waals surface area contributed by atoms with Gasteiger partial charge in [-0.2, -0.15) is 0 Å². The van der Waals surface area contributed by atoms with E-state index in [-0.39, 0.29) is 40.3 Å². The molecule has 5 rings (SSSR count). The molecule has 0 aromatic rings. The molecule has 0 radical (unpaired) electrons. The van der Waals surface area contributed by atoms with E-state index < -0.39 is 12.1 Å². The highest BCUT2D eigenvalue weighted by atomic mass is 16.9. The zero-order valence-electron chi connectivity index (χ0n) is 16.5. The van der Waals surface area contributed by atoms with E-state index in [9.17, 15) is 9.59 Å². The smallest absolute Gasteiger partial charge is 0.330 e. The highest BCUT2D eigenvalue weighted by Gasteiger charge is 2.70. The number of fused-ring (bicyclic) bond motifs is 3. The number of rotatable bonds is 1. The number of Topliss-reactive ketones (excluding diaryl/α,β-unsaturated/α-hetero) is 1. The summed E-state index contributed by atoms with van der Waals surface area (Å²) in [5.74, 6) is -0.459. The normalized spacial score (nSPS) is 48.0. The van der Waals surface area contributed by atoms with Crippen molar-refractivity contribution in [1.29, 1.82) is 0 Å². The van der Waals surface area contributed by atoms with Gasteiger partial charge in [-0.3, -0.25) is 4.79 Å². The van der Waals surface area contributed by atoms with Gasteiger partial charge in [0.1, 0.15) is 5.78 Å². The molecule has 3 aliphatic heterocycles. The van der Waals surface area contributed by atoms with E-state index in [0.717, 1.165) is 31.3 Å². The maximum absolute atomic E-state index is 13.2. The molecule has 0 amide bonds. The number of carbonyl (C=O) groups excluding carboxylic acids is 2. The predicted molar refractivity (Wildman–Crippen MR) is 94.9 cm³/mol. The molecule has 4 atom stereocenters. The summed E-state index contributed by atoms with van der Waals surface area (Å²) in [5.41, 5.74) is 0.695. The summed E-state index contributed by atoms with van der Waals surface area (Å²) in [4.78, 5) is 24.9. The fourth-order valence-corrected chi connectivity index (χ4v) is 6.96. The second kappa shape index (κ2) is 5.65. The Kier molecular flexibility index (Phi) is 3.95. The third-order valence-electron chi connectivity index (χ3n) is 7.45. The Labute approximate surface area is 155 Å². The Morgan fingerprint density at radius 2 is 1.92 bits per heavy atom.